The van der Waals surface area contributed by atoms with E-state index in [1.165, 1.54) is 30.7 Å². The minimum atomic E-state index is -1.03. The average Bonchev–Trinajstić information content (AvgIpc) is 2.70. The molecule has 28 heavy (non-hydrogen) atoms. The lowest BCUT2D eigenvalue weighted by atomic mass is 9.88. The van der Waals surface area contributed by atoms with Crippen LogP contribution in [0.4, 0.5) is 10.1 Å². The van der Waals surface area contributed by atoms with Crippen LogP contribution in [0.5, 0.6) is 0 Å². The second-order valence-corrected chi connectivity index (χ2v) is 7.01. The van der Waals surface area contributed by atoms with E-state index < -0.39 is 17.7 Å². The van der Waals surface area contributed by atoms with Crippen molar-refractivity contribution in [1.29, 1.82) is 0 Å². The van der Waals surface area contributed by atoms with Gasteiger partial charge in [-0.2, -0.15) is 0 Å². The quantitative estimate of drug-likeness (QED) is 0.795. The first-order valence-corrected chi connectivity index (χ1v) is 9.66. The Morgan fingerprint density at radius 2 is 1.79 bits per heavy atom. The van der Waals surface area contributed by atoms with Crippen LogP contribution in [0.15, 0.2) is 42.5 Å². The largest absolute Gasteiger partial charge is 0.478 e. The van der Waals surface area contributed by atoms with E-state index in [1.807, 2.05) is 6.92 Å². The van der Waals surface area contributed by atoms with Gasteiger partial charge in [0.1, 0.15) is 5.82 Å². The van der Waals surface area contributed by atoms with E-state index in [2.05, 4.69) is 10.2 Å². The molecule has 2 aromatic rings. The fourth-order valence-corrected chi connectivity index (χ4v) is 3.75. The maximum Gasteiger partial charge on any atom is 0.335 e. The highest BCUT2D eigenvalue weighted by atomic mass is 19.1. The molecular weight excluding hydrogens is 359 g/mol. The summed E-state index contributed by atoms with van der Waals surface area (Å²) in [6.07, 6.45) is 3.30. The Balaban J connectivity index is 2.08. The third-order valence-corrected chi connectivity index (χ3v) is 5.10. The van der Waals surface area contributed by atoms with Gasteiger partial charge in [0.15, 0.2) is 0 Å². The summed E-state index contributed by atoms with van der Waals surface area (Å²) in [5.41, 5.74) is 2.25. The van der Waals surface area contributed by atoms with Crippen molar-refractivity contribution in [3.63, 3.8) is 0 Å². The van der Waals surface area contributed by atoms with Crippen molar-refractivity contribution in [2.24, 2.45) is 0 Å². The minimum Gasteiger partial charge on any atom is -0.478 e. The van der Waals surface area contributed by atoms with Crippen LogP contribution < -0.4 is 10.2 Å². The van der Waals surface area contributed by atoms with Gasteiger partial charge in [0, 0.05) is 25.3 Å². The summed E-state index contributed by atoms with van der Waals surface area (Å²) < 4.78 is 14.2. The molecule has 1 aliphatic rings. The molecule has 148 valence electrons. The summed E-state index contributed by atoms with van der Waals surface area (Å²) in [5, 5.41) is 12.0. The highest BCUT2D eigenvalue weighted by Crippen LogP contribution is 2.35. The predicted molar refractivity (Wildman–Crippen MR) is 106 cm³/mol. The van der Waals surface area contributed by atoms with Crippen molar-refractivity contribution in [3.8, 4) is 0 Å². The summed E-state index contributed by atoms with van der Waals surface area (Å²) >= 11 is 0. The number of piperidine rings is 1. The van der Waals surface area contributed by atoms with Crippen LogP contribution in [-0.2, 0) is 4.79 Å². The first-order valence-electron chi connectivity index (χ1n) is 9.66. The molecule has 1 heterocycles. The first-order chi connectivity index (χ1) is 13.5. The number of rotatable bonds is 6. The number of carboxylic acid groups (broad SMARTS) is 1. The Bertz CT molecular complexity index is 845. The summed E-state index contributed by atoms with van der Waals surface area (Å²) in [6, 6.07) is 10.8. The third kappa shape index (κ3) is 4.32. The number of amides is 1. The molecule has 0 aliphatic carbocycles. The van der Waals surface area contributed by atoms with Gasteiger partial charge in [-0.05, 0) is 67.6 Å². The van der Waals surface area contributed by atoms with Crippen LogP contribution in [-0.4, -0.2) is 36.6 Å². The normalized spacial score (nSPS) is 15.1. The van der Waals surface area contributed by atoms with E-state index >= 15 is 0 Å². The van der Waals surface area contributed by atoms with Crippen LogP contribution >= 0.6 is 0 Å². The Kier molecular flexibility index (Phi) is 6.29. The number of halogens is 1. The zero-order valence-electron chi connectivity index (χ0n) is 16.0. The molecule has 5 nitrogen and oxygen atoms in total. The van der Waals surface area contributed by atoms with Gasteiger partial charge < -0.3 is 15.3 Å². The average molecular weight is 384 g/mol. The number of benzene rings is 2. The van der Waals surface area contributed by atoms with Gasteiger partial charge in [-0.25, -0.2) is 9.18 Å². The molecule has 1 amide bonds. The highest BCUT2D eigenvalue weighted by molar-refractivity contribution is 5.90. The maximum absolute atomic E-state index is 14.2. The molecule has 2 N–H and O–H groups in total. The molecule has 1 saturated heterocycles. The number of nitrogens with zero attached hydrogens (tertiary/aromatic N) is 1. The topological polar surface area (TPSA) is 69.6 Å². The standard InChI is InChI=1S/C22H25FN2O3/c1-2-24-21(26)20(15-6-8-16(9-7-15)22(27)28)18-14-17(23)10-11-19(18)25-12-4-3-5-13-25/h6-11,14,20H,2-5,12-13H2,1H3,(H,24,26)(H,27,28). The third-order valence-electron chi connectivity index (χ3n) is 5.10. The number of hydrogen-bond acceptors (Lipinski definition) is 3. The van der Waals surface area contributed by atoms with Crippen LogP contribution in [0.3, 0.4) is 0 Å². The van der Waals surface area contributed by atoms with Crippen molar-refractivity contribution in [2.75, 3.05) is 24.5 Å². The molecule has 6 heteroatoms. The van der Waals surface area contributed by atoms with E-state index in [0.717, 1.165) is 31.6 Å². The van der Waals surface area contributed by atoms with Crippen molar-refractivity contribution in [3.05, 3.63) is 65.0 Å². The van der Waals surface area contributed by atoms with Gasteiger partial charge >= 0.3 is 5.97 Å². The number of hydrogen-bond donors (Lipinski definition) is 2. The van der Waals surface area contributed by atoms with E-state index in [4.69, 9.17) is 5.11 Å². The fraction of sp³-hybridized carbons (Fsp3) is 0.364. The number of anilines is 1. The van der Waals surface area contributed by atoms with E-state index in [9.17, 15) is 14.0 Å². The molecule has 0 radical (unpaired) electrons. The number of aromatic carboxylic acids is 1. The smallest absolute Gasteiger partial charge is 0.335 e. The molecule has 0 bridgehead atoms. The molecule has 1 fully saturated rings. The fourth-order valence-electron chi connectivity index (χ4n) is 3.75. The van der Waals surface area contributed by atoms with Crippen LogP contribution in [0.1, 0.15) is 53.6 Å². The molecule has 2 aromatic carbocycles. The lowest BCUT2D eigenvalue weighted by molar-refractivity contribution is -0.121. The van der Waals surface area contributed by atoms with Crippen molar-refractivity contribution >= 4 is 17.6 Å². The highest BCUT2D eigenvalue weighted by Gasteiger charge is 2.28. The first kappa shape index (κ1) is 19.9. The molecule has 0 saturated carbocycles. The molecule has 1 atom stereocenters. The van der Waals surface area contributed by atoms with Gasteiger partial charge in [0.2, 0.25) is 5.91 Å². The van der Waals surface area contributed by atoms with Gasteiger partial charge in [-0.1, -0.05) is 12.1 Å². The monoisotopic (exact) mass is 384 g/mol. The molecular formula is C22H25FN2O3. The Hall–Kier alpha value is -2.89. The van der Waals surface area contributed by atoms with E-state index in [0.29, 0.717) is 17.7 Å². The second-order valence-electron chi connectivity index (χ2n) is 7.01. The zero-order valence-corrected chi connectivity index (χ0v) is 16.0. The number of carboxylic acids is 1. The van der Waals surface area contributed by atoms with Crippen LogP contribution in [0, 0.1) is 5.82 Å². The Labute approximate surface area is 164 Å². The van der Waals surface area contributed by atoms with E-state index in [-0.39, 0.29) is 11.5 Å². The predicted octanol–water partition coefficient (Wildman–Crippen LogP) is 3.78. The van der Waals surface area contributed by atoms with Gasteiger partial charge in [0.25, 0.3) is 0 Å². The van der Waals surface area contributed by atoms with Crippen molar-refractivity contribution in [1.82, 2.24) is 5.32 Å². The van der Waals surface area contributed by atoms with Crippen LogP contribution in [0.25, 0.3) is 0 Å². The lowest BCUT2D eigenvalue weighted by Gasteiger charge is -2.32. The summed E-state index contributed by atoms with van der Waals surface area (Å²) in [7, 11) is 0. The summed E-state index contributed by atoms with van der Waals surface area (Å²) in [6.45, 7) is 4.04. The Morgan fingerprint density at radius 1 is 1.11 bits per heavy atom. The number of nitrogens with one attached hydrogen (secondary N) is 1. The van der Waals surface area contributed by atoms with Crippen LogP contribution in [0.2, 0.25) is 0 Å². The number of likely N-dealkylation sites (N-methyl/N-ethyl adjacent to an activating group) is 1. The minimum absolute atomic E-state index is 0.147. The SMILES string of the molecule is CCNC(=O)C(c1ccc(C(=O)O)cc1)c1cc(F)ccc1N1CCCCC1. The molecule has 1 aliphatic heterocycles. The second kappa shape index (κ2) is 8.87. The number of carbonyl (C=O) groups excluding carboxylic acids is 1. The van der Waals surface area contributed by atoms with Gasteiger partial charge in [-0.15, -0.1) is 0 Å². The summed E-state index contributed by atoms with van der Waals surface area (Å²) in [4.78, 5) is 26.3. The van der Waals surface area contributed by atoms with Gasteiger partial charge in [0.05, 0.1) is 11.5 Å². The molecule has 0 aromatic heterocycles. The Morgan fingerprint density at radius 3 is 2.39 bits per heavy atom. The van der Waals surface area contributed by atoms with Crippen molar-refractivity contribution in [2.45, 2.75) is 32.1 Å². The molecule has 0 spiro atoms. The van der Waals surface area contributed by atoms with Gasteiger partial charge in [-0.3, -0.25) is 4.79 Å². The van der Waals surface area contributed by atoms with Crippen molar-refractivity contribution < 1.29 is 19.1 Å². The maximum atomic E-state index is 14.2. The number of carbonyl (C=O) groups is 2. The molecule has 1 unspecified atom stereocenters. The molecule has 3 rings (SSSR count). The van der Waals surface area contributed by atoms with E-state index in [1.54, 1.807) is 18.2 Å². The zero-order chi connectivity index (χ0) is 20.1. The lowest BCUT2D eigenvalue weighted by Crippen LogP contribution is -2.34. The summed E-state index contributed by atoms with van der Waals surface area (Å²) in [5.74, 6) is -2.36.